The Kier molecular flexibility index (Phi) is 4.81. The van der Waals surface area contributed by atoms with E-state index in [1.54, 1.807) is 6.26 Å². The van der Waals surface area contributed by atoms with Crippen molar-refractivity contribution in [3.63, 3.8) is 0 Å². The Morgan fingerprint density at radius 2 is 2.08 bits per heavy atom. The van der Waals surface area contributed by atoms with Crippen molar-refractivity contribution in [1.82, 2.24) is 14.8 Å². The van der Waals surface area contributed by atoms with Gasteiger partial charge in [0.1, 0.15) is 16.8 Å². The average molecular weight is 364 g/mol. The predicted molar refractivity (Wildman–Crippen MR) is 99.9 cm³/mol. The quantitative estimate of drug-likeness (QED) is 0.584. The molecule has 0 spiro atoms. The van der Waals surface area contributed by atoms with Crippen molar-refractivity contribution >= 4 is 11.8 Å². The van der Waals surface area contributed by atoms with E-state index in [4.69, 9.17) is 4.42 Å². The number of benzene rings is 1. The highest BCUT2D eigenvalue weighted by Crippen LogP contribution is 2.40. The molecule has 1 aliphatic carbocycles. The van der Waals surface area contributed by atoms with E-state index in [9.17, 15) is 5.26 Å². The third-order valence-electron chi connectivity index (χ3n) is 4.52. The number of thioether (sulfide) groups is 1. The van der Waals surface area contributed by atoms with Gasteiger partial charge in [-0.3, -0.25) is 4.57 Å². The molecule has 0 unspecified atom stereocenters. The molecule has 0 aliphatic heterocycles. The van der Waals surface area contributed by atoms with E-state index in [2.05, 4.69) is 52.0 Å². The maximum absolute atomic E-state index is 9.63. The predicted octanol–water partition coefficient (Wildman–Crippen LogP) is 4.33. The van der Waals surface area contributed by atoms with Gasteiger partial charge in [-0.2, -0.15) is 5.26 Å². The molecule has 4 rings (SSSR count). The number of aromatic nitrogens is 3. The number of furan rings is 1. The first-order chi connectivity index (χ1) is 12.7. The Morgan fingerprint density at radius 3 is 2.73 bits per heavy atom. The summed E-state index contributed by atoms with van der Waals surface area (Å²) in [6.07, 6.45) is 4.69. The molecule has 2 heterocycles. The lowest BCUT2D eigenvalue weighted by Crippen LogP contribution is -2.09. The van der Waals surface area contributed by atoms with Crippen LogP contribution in [0.2, 0.25) is 0 Å². The van der Waals surface area contributed by atoms with Crippen LogP contribution in [-0.2, 0) is 13.0 Å². The van der Waals surface area contributed by atoms with Gasteiger partial charge in [-0.15, -0.1) is 10.2 Å². The first-order valence-corrected chi connectivity index (χ1v) is 9.68. The number of hydrogen-bond acceptors (Lipinski definition) is 5. The summed E-state index contributed by atoms with van der Waals surface area (Å²) < 4.78 is 7.62. The van der Waals surface area contributed by atoms with Crippen molar-refractivity contribution in [2.45, 2.75) is 49.1 Å². The molecule has 0 saturated heterocycles. The van der Waals surface area contributed by atoms with Gasteiger partial charge in [-0.25, -0.2) is 0 Å². The molecule has 3 aromatic rings. The zero-order chi connectivity index (χ0) is 17.9. The number of aryl methyl sites for hydroxylation is 1. The van der Waals surface area contributed by atoms with Crippen LogP contribution in [-0.4, -0.2) is 20.0 Å². The van der Waals surface area contributed by atoms with Crippen molar-refractivity contribution in [3.05, 3.63) is 65.4 Å². The van der Waals surface area contributed by atoms with Crippen LogP contribution < -0.4 is 0 Å². The van der Waals surface area contributed by atoms with Crippen LogP contribution >= 0.6 is 11.8 Å². The summed E-state index contributed by atoms with van der Waals surface area (Å²) >= 11 is 1.49. The van der Waals surface area contributed by atoms with Gasteiger partial charge in [-0.1, -0.05) is 41.6 Å². The van der Waals surface area contributed by atoms with Gasteiger partial charge in [0.25, 0.3) is 0 Å². The van der Waals surface area contributed by atoms with E-state index in [0.717, 1.165) is 35.1 Å². The molecule has 132 valence electrons. The summed E-state index contributed by atoms with van der Waals surface area (Å²) in [5, 5.41) is 19.0. The Bertz CT molecular complexity index is 904. The van der Waals surface area contributed by atoms with Gasteiger partial charge < -0.3 is 4.42 Å². The highest BCUT2D eigenvalue weighted by Gasteiger charge is 2.31. The van der Waals surface area contributed by atoms with Crippen LogP contribution in [0.4, 0.5) is 0 Å². The molecular weight excluding hydrogens is 344 g/mol. The maximum atomic E-state index is 9.63. The molecule has 2 aromatic heterocycles. The lowest BCUT2D eigenvalue weighted by molar-refractivity contribution is 0.478. The van der Waals surface area contributed by atoms with Gasteiger partial charge >= 0.3 is 0 Å². The van der Waals surface area contributed by atoms with Crippen molar-refractivity contribution in [2.24, 2.45) is 0 Å². The molecule has 1 saturated carbocycles. The van der Waals surface area contributed by atoms with Crippen molar-refractivity contribution in [2.75, 3.05) is 0 Å². The van der Waals surface area contributed by atoms with Crippen LogP contribution in [0.3, 0.4) is 0 Å². The fourth-order valence-electron chi connectivity index (χ4n) is 2.92. The van der Waals surface area contributed by atoms with Crippen LogP contribution in [0.1, 0.15) is 41.5 Å². The van der Waals surface area contributed by atoms with E-state index >= 15 is 0 Å². The molecule has 0 bridgehead atoms. The number of rotatable bonds is 7. The van der Waals surface area contributed by atoms with E-state index in [1.807, 2.05) is 12.1 Å². The molecule has 1 fully saturated rings. The van der Waals surface area contributed by atoms with Crippen LogP contribution in [0.15, 0.2) is 52.2 Å². The van der Waals surface area contributed by atoms with E-state index < -0.39 is 0 Å². The zero-order valence-electron chi connectivity index (χ0n) is 14.6. The SMILES string of the molecule is Cc1ccc(C[C@@H](C#N)Sc2nnc(C3CC3)n2Cc2ccco2)cc1. The minimum Gasteiger partial charge on any atom is -0.467 e. The second-order valence-electron chi connectivity index (χ2n) is 6.71. The lowest BCUT2D eigenvalue weighted by Gasteiger charge is -2.11. The fourth-order valence-corrected chi connectivity index (χ4v) is 3.87. The topological polar surface area (TPSA) is 67.6 Å². The van der Waals surface area contributed by atoms with E-state index in [1.165, 1.54) is 17.3 Å². The molecule has 26 heavy (non-hydrogen) atoms. The Balaban J connectivity index is 1.54. The normalized spacial score (nSPS) is 14.9. The number of nitrogens with zero attached hydrogens (tertiary/aromatic N) is 4. The largest absolute Gasteiger partial charge is 0.467 e. The first-order valence-electron chi connectivity index (χ1n) is 8.80. The van der Waals surface area contributed by atoms with Gasteiger partial charge in [0, 0.05) is 5.92 Å². The highest BCUT2D eigenvalue weighted by molar-refractivity contribution is 8.00. The lowest BCUT2D eigenvalue weighted by atomic mass is 10.1. The second-order valence-corrected chi connectivity index (χ2v) is 7.88. The molecule has 5 nitrogen and oxygen atoms in total. The minimum absolute atomic E-state index is 0.204. The Hall–Kier alpha value is -2.52. The molecule has 1 atom stereocenters. The van der Waals surface area contributed by atoms with E-state index in [-0.39, 0.29) is 5.25 Å². The van der Waals surface area contributed by atoms with Crippen molar-refractivity contribution in [1.29, 1.82) is 5.26 Å². The van der Waals surface area contributed by atoms with Crippen LogP contribution in [0.5, 0.6) is 0 Å². The van der Waals surface area contributed by atoms with Crippen LogP contribution in [0, 0.1) is 18.3 Å². The minimum atomic E-state index is -0.204. The molecule has 0 N–H and O–H groups in total. The monoisotopic (exact) mass is 364 g/mol. The van der Waals surface area contributed by atoms with Gasteiger partial charge in [0.05, 0.1) is 18.9 Å². The number of hydrogen-bond donors (Lipinski definition) is 0. The zero-order valence-corrected chi connectivity index (χ0v) is 15.4. The second kappa shape index (κ2) is 7.38. The van der Waals surface area contributed by atoms with E-state index in [0.29, 0.717) is 18.9 Å². The van der Waals surface area contributed by atoms with Gasteiger partial charge in [0.2, 0.25) is 0 Å². The average Bonchev–Trinajstić information content (AvgIpc) is 3.22. The molecule has 1 aromatic carbocycles. The molecular formula is C20H20N4OS. The Labute approximate surface area is 157 Å². The number of nitriles is 1. The fraction of sp³-hybridized carbons (Fsp3) is 0.350. The molecule has 1 aliphatic rings. The molecule has 6 heteroatoms. The summed E-state index contributed by atoms with van der Waals surface area (Å²) in [6, 6.07) is 14.6. The summed E-state index contributed by atoms with van der Waals surface area (Å²) in [4.78, 5) is 0. The van der Waals surface area contributed by atoms with Gasteiger partial charge in [-0.05, 0) is 43.9 Å². The van der Waals surface area contributed by atoms with Gasteiger partial charge in [0.15, 0.2) is 5.16 Å². The summed E-state index contributed by atoms with van der Waals surface area (Å²) in [6.45, 7) is 2.67. The smallest absolute Gasteiger partial charge is 0.192 e. The van der Waals surface area contributed by atoms with Crippen molar-refractivity contribution < 1.29 is 4.42 Å². The summed E-state index contributed by atoms with van der Waals surface area (Å²) in [7, 11) is 0. The summed E-state index contributed by atoms with van der Waals surface area (Å²) in [5.74, 6) is 2.38. The summed E-state index contributed by atoms with van der Waals surface area (Å²) in [5.41, 5.74) is 2.39. The third kappa shape index (κ3) is 3.83. The third-order valence-corrected chi connectivity index (χ3v) is 5.58. The van der Waals surface area contributed by atoms with Crippen LogP contribution in [0.25, 0.3) is 0 Å². The molecule has 0 amide bonds. The maximum Gasteiger partial charge on any atom is 0.192 e. The highest BCUT2D eigenvalue weighted by atomic mass is 32.2. The van der Waals surface area contributed by atoms with Crippen molar-refractivity contribution in [3.8, 4) is 6.07 Å². The Morgan fingerprint density at radius 1 is 1.27 bits per heavy atom. The molecule has 0 radical (unpaired) electrons. The first kappa shape index (κ1) is 16.9. The standard InChI is InChI=1S/C20H20N4OS/c1-14-4-6-15(7-5-14)11-18(12-21)26-20-23-22-19(16-8-9-16)24(20)13-17-3-2-10-25-17/h2-7,10,16,18H,8-9,11,13H2,1H3/t18-/m0/s1.